The van der Waals surface area contributed by atoms with E-state index in [2.05, 4.69) is 22.3 Å². The van der Waals surface area contributed by atoms with Crippen molar-refractivity contribution in [2.24, 2.45) is 0 Å². The molecule has 128 valence electrons. The monoisotopic (exact) mass is 328 g/mol. The predicted octanol–water partition coefficient (Wildman–Crippen LogP) is 3.61. The molecular weight excluding hydrogens is 303 g/mol. The van der Waals surface area contributed by atoms with Crippen LogP contribution in [0.3, 0.4) is 0 Å². The van der Waals surface area contributed by atoms with Gasteiger partial charge in [0.2, 0.25) is 0 Å². The summed E-state index contributed by atoms with van der Waals surface area (Å²) < 4.78 is 19.4. The molecule has 1 fully saturated rings. The first kappa shape index (κ1) is 16.9. The van der Waals surface area contributed by atoms with Crippen molar-refractivity contribution in [3.63, 3.8) is 0 Å². The van der Waals surface area contributed by atoms with Crippen molar-refractivity contribution in [3.05, 3.63) is 65.5 Å². The summed E-state index contributed by atoms with van der Waals surface area (Å²) in [4.78, 5) is 2.43. The highest BCUT2D eigenvalue weighted by Gasteiger charge is 2.23. The summed E-state index contributed by atoms with van der Waals surface area (Å²) in [7, 11) is 0. The maximum atomic E-state index is 13.8. The topological polar surface area (TPSA) is 24.5 Å². The standard InChI is InChI=1S/C20H25FN2O/c1-2-24-19-9-7-16(8-10-19)20(17-5-3-6-18(21)15-17)23-13-4-11-22-12-14-23/h3,5-10,15,20,22H,2,4,11-14H2,1H3. The van der Waals surface area contributed by atoms with E-state index in [1.165, 1.54) is 11.6 Å². The molecule has 0 aliphatic carbocycles. The number of hydrogen-bond donors (Lipinski definition) is 1. The van der Waals surface area contributed by atoms with E-state index in [9.17, 15) is 4.39 Å². The highest BCUT2D eigenvalue weighted by atomic mass is 19.1. The largest absolute Gasteiger partial charge is 0.494 e. The van der Waals surface area contributed by atoms with Gasteiger partial charge in [-0.1, -0.05) is 24.3 Å². The maximum Gasteiger partial charge on any atom is 0.123 e. The third-order valence-electron chi connectivity index (χ3n) is 4.41. The van der Waals surface area contributed by atoms with Crippen LogP contribution in [0.15, 0.2) is 48.5 Å². The smallest absolute Gasteiger partial charge is 0.123 e. The molecule has 1 unspecified atom stereocenters. The lowest BCUT2D eigenvalue weighted by Gasteiger charge is -2.31. The van der Waals surface area contributed by atoms with E-state index in [1.54, 1.807) is 12.1 Å². The van der Waals surface area contributed by atoms with Crippen molar-refractivity contribution in [1.82, 2.24) is 10.2 Å². The summed E-state index contributed by atoms with van der Waals surface area (Å²) in [5.41, 5.74) is 2.17. The molecule has 3 nitrogen and oxygen atoms in total. The second kappa shape index (κ2) is 8.27. The van der Waals surface area contributed by atoms with Gasteiger partial charge in [0.05, 0.1) is 12.6 Å². The van der Waals surface area contributed by atoms with E-state index in [-0.39, 0.29) is 11.9 Å². The molecule has 1 saturated heterocycles. The Kier molecular flexibility index (Phi) is 5.83. The molecule has 2 aromatic rings. The second-order valence-electron chi connectivity index (χ2n) is 6.10. The minimum absolute atomic E-state index is 0.0660. The number of nitrogens with zero attached hydrogens (tertiary/aromatic N) is 1. The number of halogens is 1. The molecule has 1 heterocycles. The minimum Gasteiger partial charge on any atom is -0.494 e. The van der Waals surface area contributed by atoms with Gasteiger partial charge in [-0.15, -0.1) is 0 Å². The van der Waals surface area contributed by atoms with Gasteiger partial charge in [-0.3, -0.25) is 4.90 Å². The van der Waals surface area contributed by atoms with Gasteiger partial charge >= 0.3 is 0 Å². The van der Waals surface area contributed by atoms with Crippen LogP contribution < -0.4 is 10.1 Å². The van der Waals surface area contributed by atoms with Crippen LogP contribution in [0, 0.1) is 5.82 Å². The SMILES string of the molecule is CCOc1ccc(C(c2cccc(F)c2)N2CCCNCC2)cc1. The fraction of sp³-hybridized carbons (Fsp3) is 0.400. The van der Waals surface area contributed by atoms with Crippen LogP contribution in [0.4, 0.5) is 4.39 Å². The molecule has 3 rings (SSSR count). The lowest BCUT2D eigenvalue weighted by molar-refractivity contribution is 0.240. The van der Waals surface area contributed by atoms with Crippen LogP contribution in [-0.4, -0.2) is 37.7 Å². The summed E-state index contributed by atoms with van der Waals surface area (Å²) in [6.07, 6.45) is 1.10. The Morgan fingerprint density at radius 2 is 1.92 bits per heavy atom. The van der Waals surface area contributed by atoms with Crippen LogP contribution in [0.1, 0.15) is 30.5 Å². The van der Waals surface area contributed by atoms with Crippen LogP contribution in [0.5, 0.6) is 5.75 Å². The quantitative estimate of drug-likeness (QED) is 0.907. The summed E-state index contributed by atoms with van der Waals surface area (Å²) in [6.45, 7) is 6.59. The normalized spacial score (nSPS) is 17.2. The van der Waals surface area contributed by atoms with E-state index in [4.69, 9.17) is 4.74 Å². The van der Waals surface area contributed by atoms with E-state index < -0.39 is 0 Å². The molecule has 0 radical (unpaired) electrons. The van der Waals surface area contributed by atoms with Gasteiger partial charge in [0.15, 0.2) is 0 Å². The molecule has 4 heteroatoms. The number of benzene rings is 2. The number of rotatable bonds is 5. The molecule has 24 heavy (non-hydrogen) atoms. The lowest BCUT2D eigenvalue weighted by Crippen LogP contribution is -2.33. The van der Waals surface area contributed by atoms with E-state index in [0.717, 1.165) is 43.9 Å². The molecule has 2 aromatic carbocycles. The van der Waals surface area contributed by atoms with Gasteiger partial charge in [0, 0.05) is 19.6 Å². The zero-order valence-corrected chi connectivity index (χ0v) is 14.2. The summed E-state index contributed by atoms with van der Waals surface area (Å²) in [6, 6.07) is 15.2. The molecule has 0 bridgehead atoms. The van der Waals surface area contributed by atoms with Gasteiger partial charge in [0.25, 0.3) is 0 Å². The van der Waals surface area contributed by atoms with Gasteiger partial charge in [-0.05, 0) is 55.3 Å². The van der Waals surface area contributed by atoms with Gasteiger partial charge in [-0.2, -0.15) is 0 Å². The average molecular weight is 328 g/mol. The molecule has 1 N–H and O–H groups in total. The summed E-state index contributed by atoms with van der Waals surface area (Å²) >= 11 is 0. The predicted molar refractivity (Wildman–Crippen MR) is 94.9 cm³/mol. The highest BCUT2D eigenvalue weighted by molar-refractivity contribution is 5.36. The van der Waals surface area contributed by atoms with Crippen molar-refractivity contribution >= 4 is 0 Å². The molecule has 0 spiro atoms. The Hall–Kier alpha value is -1.91. The summed E-state index contributed by atoms with van der Waals surface area (Å²) in [5, 5.41) is 3.44. The van der Waals surface area contributed by atoms with Crippen LogP contribution >= 0.6 is 0 Å². The van der Waals surface area contributed by atoms with E-state index in [0.29, 0.717) is 6.61 Å². The molecule has 1 aliphatic heterocycles. The van der Waals surface area contributed by atoms with Gasteiger partial charge in [0.1, 0.15) is 11.6 Å². The van der Waals surface area contributed by atoms with Crippen molar-refractivity contribution < 1.29 is 9.13 Å². The van der Waals surface area contributed by atoms with Crippen molar-refractivity contribution in [2.45, 2.75) is 19.4 Å². The number of ether oxygens (including phenoxy) is 1. The zero-order valence-electron chi connectivity index (χ0n) is 14.2. The van der Waals surface area contributed by atoms with Crippen LogP contribution in [0.25, 0.3) is 0 Å². The zero-order chi connectivity index (χ0) is 16.8. The molecule has 0 aromatic heterocycles. The van der Waals surface area contributed by atoms with Gasteiger partial charge < -0.3 is 10.1 Å². The Morgan fingerprint density at radius 3 is 2.67 bits per heavy atom. The second-order valence-corrected chi connectivity index (χ2v) is 6.10. The number of hydrogen-bond acceptors (Lipinski definition) is 3. The fourth-order valence-electron chi connectivity index (χ4n) is 3.33. The first-order valence-electron chi connectivity index (χ1n) is 8.71. The molecule has 0 amide bonds. The Bertz CT molecular complexity index is 636. The molecule has 1 aliphatic rings. The first-order chi connectivity index (χ1) is 11.8. The third-order valence-corrected chi connectivity index (χ3v) is 4.41. The Labute approximate surface area is 143 Å². The first-order valence-corrected chi connectivity index (χ1v) is 8.71. The maximum absolute atomic E-state index is 13.8. The van der Waals surface area contributed by atoms with Crippen molar-refractivity contribution in [3.8, 4) is 5.75 Å². The van der Waals surface area contributed by atoms with Crippen LogP contribution in [-0.2, 0) is 0 Å². The van der Waals surface area contributed by atoms with Crippen molar-refractivity contribution in [2.75, 3.05) is 32.8 Å². The molecule has 0 saturated carbocycles. The minimum atomic E-state index is -0.184. The van der Waals surface area contributed by atoms with Crippen LogP contribution in [0.2, 0.25) is 0 Å². The third kappa shape index (κ3) is 4.13. The van der Waals surface area contributed by atoms with Gasteiger partial charge in [-0.25, -0.2) is 4.39 Å². The van der Waals surface area contributed by atoms with E-state index in [1.807, 2.05) is 25.1 Å². The fourth-order valence-corrected chi connectivity index (χ4v) is 3.33. The summed E-state index contributed by atoms with van der Waals surface area (Å²) in [5.74, 6) is 0.688. The van der Waals surface area contributed by atoms with Crippen molar-refractivity contribution in [1.29, 1.82) is 0 Å². The highest BCUT2D eigenvalue weighted by Crippen LogP contribution is 2.30. The average Bonchev–Trinajstić information content (AvgIpc) is 2.86. The molecular formula is C20H25FN2O. The van der Waals surface area contributed by atoms with E-state index >= 15 is 0 Å². The lowest BCUT2D eigenvalue weighted by atomic mass is 9.96. The number of nitrogens with one attached hydrogen (secondary N) is 1. The molecule has 1 atom stereocenters. The Balaban J connectivity index is 1.94. The Morgan fingerprint density at radius 1 is 1.08 bits per heavy atom.